The molecule has 32 heavy (non-hydrogen) atoms. The third-order valence-electron chi connectivity index (χ3n) is 5.30. The summed E-state index contributed by atoms with van der Waals surface area (Å²) in [6, 6.07) is 9.90. The molecule has 0 unspecified atom stereocenters. The van der Waals surface area contributed by atoms with E-state index in [0.717, 1.165) is 31.0 Å². The normalized spacial score (nSPS) is 13.3. The molecule has 3 aromatic rings. The third-order valence-corrected chi connectivity index (χ3v) is 6.11. The van der Waals surface area contributed by atoms with E-state index >= 15 is 0 Å². The molecular formula is C22H22N4O5S. The lowest BCUT2D eigenvalue weighted by Crippen LogP contribution is -2.30. The van der Waals surface area contributed by atoms with Crippen molar-refractivity contribution in [1.82, 2.24) is 9.88 Å². The van der Waals surface area contributed by atoms with E-state index in [1.54, 1.807) is 20.3 Å². The van der Waals surface area contributed by atoms with Gasteiger partial charge in [0.25, 0.3) is 11.6 Å². The Morgan fingerprint density at radius 2 is 1.94 bits per heavy atom. The summed E-state index contributed by atoms with van der Waals surface area (Å²) >= 11 is 1.30. The highest BCUT2D eigenvalue weighted by Gasteiger charge is 2.22. The summed E-state index contributed by atoms with van der Waals surface area (Å²) in [7, 11) is 3.26. The predicted octanol–water partition coefficient (Wildman–Crippen LogP) is 3.88. The molecule has 10 heteroatoms. The van der Waals surface area contributed by atoms with Gasteiger partial charge in [-0.25, -0.2) is 4.98 Å². The molecule has 1 aromatic heterocycles. The van der Waals surface area contributed by atoms with Crippen LogP contribution in [0.5, 0.6) is 11.5 Å². The van der Waals surface area contributed by atoms with E-state index in [1.165, 1.54) is 40.7 Å². The minimum absolute atomic E-state index is 0.00580. The molecule has 0 aliphatic carbocycles. The summed E-state index contributed by atoms with van der Waals surface area (Å²) in [6.45, 7) is 2.26. The molecule has 0 radical (unpaired) electrons. The second-order valence-electron chi connectivity index (χ2n) is 7.31. The molecule has 1 N–H and O–H groups in total. The van der Waals surface area contributed by atoms with E-state index in [9.17, 15) is 14.9 Å². The number of ether oxygens (including phenoxy) is 2. The Bertz CT molecular complexity index is 1160. The minimum Gasteiger partial charge on any atom is -0.493 e. The van der Waals surface area contributed by atoms with Crippen molar-refractivity contribution < 1.29 is 19.2 Å². The van der Waals surface area contributed by atoms with Crippen LogP contribution in [0.15, 0.2) is 41.8 Å². The SMILES string of the molecule is COc1cc2c(cc1OC)CN(Cc1csc(NC(=O)c3ccccc3[N+](=O)[O-])n1)CC2. The van der Waals surface area contributed by atoms with Gasteiger partial charge in [-0.2, -0.15) is 0 Å². The number of carbonyl (C=O) groups is 1. The number of thiazole rings is 1. The molecule has 2 heterocycles. The first kappa shape index (κ1) is 21.7. The van der Waals surface area contributed by atoms with Crippen molar-refractivity contribution in [1.29, 1.82) is 0 Å². The zero-order valence-electron chi connectivity index (χ0n) is 17.7. The van der Waals surface area contributed by atoms with Crippen molar-refractivity contribution in [2.45, 2.75) is 19.5 Å². The van der Waals surface area contributed by atoms with Gasteiger partial charge in [-0.05, 0) is 35.7 Å². The van der Waals surface area contributed by atoms with Gasteiger partial charge >= 0.3 is 0 Å². The molecular weight excluding hydrogens is 432 g/mol. The third kappa shape index (κ3) is 4.56. The van der Waals surface area contributed by atoms with Crippen LogP contribution in [0.2, 0.25) is 0 Å². The Hall–Kier alpha value is -3.50. The fourth-order valence-electron chi connectivity index (χ4n) is 3.73. The molecule has 0 saturated heterocycles. The standard InChI is InChI=1S/C22H22N4O5S/c1-30-19-9-14-7-8-25(11-15(14)10-20(19)31-2)12-16-13-32-22(23-16)24-21(27)17-5-3-4-6-18(17)26(28)29/h3-6,9-10,13H,7-8,11-12H2,1-2H3,(H,23,24,27). The van der Waals surface area contributed by atoms with Crippen molar-refractivity contribution in [3.8, 4) is 11.5 Å². The zero-order valence-corrected chi connectivity index (χ0v) is 18.5. The number of fused-ring (bicyclic) bond motifs is 1. The monoisotopic (exact) mass is 454 g/mol. The van der Waals surface area contributed by atoms with Gasteiger partial charge in [0, 0.05) is 31.1 Å². The number of methoxy groups -OCH3 is 2. The van der Waals surface area contributed by atoms with Crippen LogP contribution in [0.1, 0.15) is 27.2 Å². The number of nitro groups is 1. The predicted molar refractivity (Wildman–Crippen MR) is 121 cm³/mol. The van der Waals surface area contributed by atoms with E-state index in [1.807, 2.05) is 17.5 Å². The van der Waals surface area contributed by atoms with Gasteiger partial charge in [0.2, 0.25) is 0 Å². The summed E-state index contributed by atoms with van der Waals surface area (Å²) in [4.78, 5) is 29.9. The van der Waals surface area contributed by atoms with Gasteiger partial charge < -0.3 is 9.47 Å². The second kappa shape index (κ2) is 9.33. The van der Waals surface area contributed by atoms with Crippen LogP contribution in [0.25, 0.3) is 0 Å². The zero-order chi connectivity index (χ0) is 22.7. The summed E-state index contributed by atoms with van der Waals surface area (Å²) in [6.07, 6.45) is 0.890. The van der Waals surface area contributed by atoms with Crippen molar-refractivity contribution >= 4 is 28.1 Å². The smallest absolute Gasteiger partial charge is 0.282 e. The number of amides is 1. The summed E-state index contributed by atoms with van der Waals surface area (Å²) in [5, 5.41) is 16.1. The molecule has 0 atom stereocenters. The summed E-state index contributed by atoms with van der Waals surface area (Å²) in [5.41, 5.74) is 3.03. The van der Waals surface area contributed by atoms with Crippen molar-refractivity contribution in [3.05, 3.63) is 74.3 Å². The Morgan fingerprint density at radius 3 is 2.66 bits per heavy atom. The average molecular weight is 455 g/mol. The van der Waals surface area contributed by atoms with Gasteiger partial charge in [0.15, 0.2) is 16.6 Å². The fraction of sp³-hybridized carbons (Fsp3) is 0.273. The maximum atomic E-state index is 12.5. The summed E-state index contributed by atoms with van der Waals surface area (Å²) < 4.78 is 10.8. The number of nitrogens with zero attached hydrogens (tertiary/aromatic N) is 3. The lowest BCUT2D eigenvalue weighted by molar-refractivity contribution is -0.385. The average Bonchev–Trinajstić information content (AvgIpc) is 3.24. The maximum absolute atomic E-state index is 12.5. The largest absolute Gasteiger partial charge is 0.493 e. The highest BCUT2D eigenvalue weighted by molar-refractivity contribution is 7.14. The van der Waals surface area contributed by atoms with Crippen molar-refractivity contribution in [3.63, 3.8) is 0 Å². The lowest BCUT2D eigenvalue weighted by Gasteiger charge is -2.29. The first-order chi connectivity index (χ1) is 15.5. The van der Waals surface area contributed by atoms with E-state index in [2.05, 4.69) is 15.2 Å². The van der Waals surface area contributed by atoms with E-state index < -0.39 is 10.8 Å². The van der Waals surface area contributed by atoms with Crippen LogP contribution in [0.4, 0.5) is 10.8 Å². The van der Waals surface area contributed by atoms with Gasteiger partial charge in [-0.3, -0.25) is 25.1 Å². The van der Waals surface area contributed by atoms with E-state index in [0.29, 0.717) is 17.4 Å². The Morgan fingerprint density at radius 1 is 1.22 bits per heavy atom. The number of carbonyl (C=O) groups excluding carboxylic acids is 1. The Labute approximate surface area is 188 Å². The van der Waals surface area contributed by atoms with Crippen molar-refractivity contribution in [2.75, 3.05) is 26.1 Å². The van der Waals surface area contributed by atoms with E-state index in [-0.39, 0.29) is 11.3 Å². The topological polar surface area (TPSA) is 107 Å². The molecule has 166 valence electrons. The first-order valence-electron chi connectivity index (χ1n) is 9.93. The Balaban J connectivity index is 1.42. The number of para-hydroxylation sites is 1. The van der Waals surface area contributed by atoms with Crippen LogP contribution in [-0.4, -0.2) is 41.5 Å². The van der Waals surface area contributed by atoms with Crippen LogP contribution < -0.4 is 14.8 Å². The quantitative estimate of drug-likeness (QED) is 0.426. The van der Waals surface area contributed by atoms with Crippen molar-refractivity contribution in [2.24, 2.45) is 0 Å². The van der Waals surface area contributed by atoms with Gasteiger partial charge in [0.05, 0.1) is 24.8 Å². The first-order valence-corrected chi connectivity index (χ1v) is 10.8. The van der Waals surface area contributed by atoms with Crippen LogP contribution in [-0.2, 0) is 19.5 Å². The number of nitro benzene ring substituents is 1. The molecule has 0 bridgehead atoms. The molecule has 0 spiro atoms. The molecule has 2 aromatic carbocycles. The number of benzene rings is 2. The molecule has 9 nitrogen and oxygen atoms in total. The number of hydrogen-bond donors (Lipinski definition) is 1. The molecule has 1 aliphatic rings. The van der Waals surface area contributed by atoms with E-state index in [4.69, 9.17) is 9.47 Å². The maximum Gasteiger partial charge on any atom is 0.282 e. The number of nitrogens with one attached hydrogen (secondary N) is 1. The minimum atomic E-state index is -0.568. The summed E-state index contributed by atoms with van der Waals surface area (Å²) in [5.74, 6) is 0.895. The van der Waals surface area contributed by atoms with Gasteiger partial charge in [-0.15, -0.1) is 11.3 Å². The number of aromatic nitrogens is 1. The molecule has 0 fully saturated rings. The fourth-order valence-corrected chi connectivity index (χ4v) is 4.43. The molecule has 1 amide bonds. The van der Waals surface area contributed by atoms with Gasteiger partial charge in [-0.1, -0.05) is 12.1 Å². The molecule has 1 aliphatic heterocycles. The lowest BCUT2D eigenvalue weighted by atomic mass is 9.98. The number of rotatable bonds is 7. The van der Waals surface area contributed by atoms with Crippen LogP contribution in [0.3, 0.4) is 0 Å². The number of anilines is 1. The highest BCUT2D eigenvalue weighted by Crippen LogP contribution is 2.33. The van der Waals surface area contributed by atoms with Gasteiger partial charge in [0.1, 0.15) is 5.56 Å². The van der Waals surface area contributed by atoms with Crippen LogP contribution in [0, 0.1) is 10.1 Å². The van der Waals surface area contributed by atoms with Crippen LogP contribution >= 0.6 is 11.3 Å². The number of hydrogen-bond acceptors (Lipinski definition) is 8. The molecule has 4 rings (SSSR count). The Kier molecular flexibility index (Phi) is 6.33. The second-order valence-corrected chi connectivity index (χ2v) is 8.17. The highest BCUT2D eigenvalue weighted by atomic mass is 32.1. The molecule has 0 saturated carbocycles.